The molecule has 2 aromatic heterocycles. The average Bonchev–Trinajstić information content (AvgIpc) is 3.35. The van der Waals surface area contributed by atoms with Crippen molar-refractivity contribution in [3.63, 3.8) is 0 Å². The van der Waals surface area contributed by atoms with Crippen LogP contribution in [-0.2, 0) is 13.0 Å². The lowest BCUT2D eigenvalue weighted by Crippen LogP contribution is -2.36. The zero-order valence-electron chi connectivity index (χ0n) is 16.2. The molecule has 0 saturated carbocycles. The molecule has 0 atom stereocenters. The summed E-state index contributed by atoms with van der Waals surface area (Å²) in [5.74, 6) is -1.32. The molecule has 0 unspecified atom stereocenters. The van der Waals surface area contributed by atoms with Gasteiger partial charge in [0.2, 0.25) is 0 Å². The molecule has 0 aliphatic carbocycles. The van der Waals surface area contributed by atoms with E-state index in [1.54, 1.807) is 11.1 Å². The van der Waals surface area contributed by atoms with Crippen LogP contribution in [0.3, 0.4) is 0 Å². The molecule has 31 heavy (non-hydrogen) atoms. The SMILES string of the molecule is NC(=O)c1nn(-c2ccc(F)cc2Cl)c2c1CN(C(=O)c1c[nH]c3ccccc13)CC2. The summed E-state index contributed by atoms with van der Waals surface area (Å²) in [4.78, 5) is 30.1. The van der Waals surface area contributed by atoms with Crippen molar-refractivity contribution in [3.05, 3.63) is 82.0 Å². The number of amides is 2. The van der Waals surface area contributed by atoms with Crippen molar-refractivity contribution in [2.75, 3.05) is 6.54 Å². The average molecular weight is 438 g/mol. The number of nitrogens with two attached hydrogens (primary N) is 1. The smallest absolute Gasteiger partial charge is 0.269 e. The molecule has 0 radical (unpaired) electrons. The van der Waals surface area contributed by atoms with Crippen LogP contribution >= 0.6 is 11.6 Å². The van der Waals surface area contributed by atoms with Gasteiger partial charge in [0, 0.05) is 35.6 Å². The molecule has 2 aromatic carbocycles. The molecule has 5 rings (SSSR count). The predicted molar refractivity (Wildman–Crippen MR) is 114 cm³/mol. The van der Waals surface area contributed by atoms with Gasteiger partial charge in [-0.05, 0) is 24.3 Å². The van der Waals surface area contributed by atoms with Crippen LogP contribution in [0.1, 0.15) is 32.1 Å². The number of H-pyrrole nitrogens is 1. The fourth-order valence-corrected chi connectivity index (χ4v) is 4.31. The van der Waals surface area contributed by atoms with E-state index >= 15 is 0 Å². The number of para-hydroxylation sites is 1. The van der Waals surface area contributed by atoms with E-state index in [4.69, 9.17) is 17.3 Å². The summed E-state index contributed by atoms with van der Waals surface area (Å²) < 4.78 is 15.0. The molecule has 0 spiro atoms. The lowest BCUT2D eigenvalue weighted by Gasteiger charge is -2.27. The number of primary amides is 1. The van der Waals surface area contributed by atoms with Crippen LogP contribution in [0.25, 0.3) is 16.6 Å². The quantitative estimate of drug-likeness (QED) is 0.513. The first kappa shape index (κ1) is 19.3. The van der Waals surface area contributed by atoms with Gasteiger partial charge in [0.05, 0.1) is 28.5 Å². The van der Waals surface area contributed by atoms with E-state index in [2.05, 4.69) is 10.1 Å². The minimum absolute atomic E-state index is 0.0758. The highest BCUT2D eigenvalue weighted by Crippen LogP contribution is 2.30. The summed E-state index contributed by atoms with van der Waals surface area (Å²) in [5.41, 5.74) is 8.83. The van der Waals surface area contributed by atoms with Crippen LogP contribution < -0.4 is 5.73 Å². The maximum absolute atomic E-state index is 13.5. The summed E-state index contributed by atoms with van der Waals surface area (Å²) in [7, 11) is 0. The summed E-state index contributed by atoms with van der Waals surface area (Å²) in [6.45, 7) is 0.610. The second-order valence-corrected chi connectivity index (χ2v) is 7.78. The van der Waals surface area contributed by atoms with Gasteiger partial charge in [-0.25, -0.2) is 9.07 Å². The lowest BCUT2D eigenvalue weighted by atomic mass is 10.0. The number of nitrogens with zero attached hydrogens (tertiary/aromatic N) is 3. The topological polar surface area (TPSA) is 97.0 Å². The number of fused-ring (bicyclic) bond motifs is 2. The van der Waals surface area contributed by atoms with Crippen molar-refractivity contribution in [2.24, 2.45) is 5.73 Å². The Hall–Kier alpha value is -3.65. The Morgan fingerprint density at radius 3 is 2.77 bits per heavy atom. The van der Waals surface area contributed by atoms with Crippen molar-refractivity contribution in [1.29, 1.82) is 0 Å². The fraction of sp³-hybridized carbons (Fsp3) is 0.136. The number of halogens is 2. The minimum Gasteiger partial charge on any atom is -0.364 e. The number of carbonyl (C=O) groups is 2. The van der Waals surface area contributed by atoms with Crippen LogP contribution in [-0.4, -0.2) is 38.0 Å². The largest absolute Gasteiger partial charge is 0.364 e. The normalized spacial score (nSPS) is 13.4. The molecule has 7 nitrogen and oxygen atoms in total. The number of aromatic nitrogens is 3. The van der Waals surface area contributed by atoms with Crippen LogP contribution in [0.2, 0.25) is 5.02 Å². The summed E-state index contributed by atoms with van der Waals surface area (Å²) in [5, 5.41) is 5.35. The molecule has 156 valence electrons. The number of hydrogen-bond acceptors (Lipinski definition) is 3. The maximum Gasteiger partial charge on any atom is 0.269 e. The van der Waals surface area contributed by atoms with Crippen molar-refractivity contribution >= 4 is 34.3 Å². The zero-order chi connectivity index (χ0) is 21.7. The van der Waals surface area contributed by atoms with Gasteiger partial charge in [-0.15, -0.1) is 0 Å². The molecule has 0 fully saturated rings. The van der Waals surface area contributed by atoms with Gasteiger partial charge in [0.25, 0.3) is 11.8 Å². The molecule has 4 aromatic rings. The van der Waals surface area contributed by atoms with Gasteiger partial charge in [0.1, 0.15) is 5.82 Å². The lowest BCUT2D eigenvalue weighted by molar-refractivity contribution is 0.0733. The first-order valence-electron chi connectivity index (χ1n) is 9.65. The van der Waals surface area contributed by atoms with E-state index in [0.717, 1.165) is 16.6 Å². The van der Waals surface area contributed by atoms with Gasteiger partial charge in [-0.2, -0.15) is 5.10 Å². The highest BCUT2D eigenvalue weighted by Gasteiger charge is 2.31. The van der Waals surface area contributed by atoms with Crippen molar-refractivity contribution in [2.45, 2.75) is 13.0 Å². The molecule has 0 saturated heterocycles. The Morgan fingerprint density at radius 1 is 1.19 bits per heavy atom. The number of hydrogen-bond donors (Lipinski definition) is 2. The van der Waals surface area contributed by atoms with Crippen molar-refractivity contribution in [3.8, 4) is 5.69 Å². The van der Waals surface area contributed by atoms with Crippen LogP contribution in [0.5, 0.6) is 0 Å². The molecule has 0 bridgehead atoms. The molecule has 3 N–H and O–H groups in total. The van der Waals surface area contributed by atoms with Crippen molar-refractivity contribution < 1.29 is 14.0 Å². The van der Waals surface area contributed by atoms with E-state index in [0.29, 0.717) is 29.8 Å². The highest BCUT2D eigenvalue weighted by molar-refractivity contribution is 6.32. The van der Waals surface area contributed by atoms with E-state index in [1.165, 1.54) is 22.9 Å². The Bertz CT molecular complexity index is 1360. The molecule has 2 amide bonds. The van der Waals surface area contributed by atoms with Crippen LogP contribution in [0.15, 0.2) is 48.7 Å². The third-order valence-corrected chi connectivity index (χ3v) is 5.84. The predicted octanol–water partition coefficient (Wildman–Crippen LogP) is 3.44. The second kappa shape index (κ2) is 7.24. The van der Waals surface area contributed by atoms with Gasteiger partial charge >= 0.3 is 0 Å². The van der Waals surface area contributed by atoms with Crippen LogP contribution in [0, 0.1) is 5.82 Å². The van der Waals surface area contributed by atoms with Gasteiger partial charge in [-0.1, -0.05) is 29.8 Å². The number of nitrogens with one attached hydrogen (secondary N) is 1. The molecule has 1 aliphatic rings. The number of benzene rings is 2. The number of rotatable bonds is 3. The first-order chi connectivity index (χ1) is 14.9. The molecule has 9 heteroatoms. The Kier molecular flexibility index (Phi) is 4.51. The highest BCUT2D eigenvalue weighted by atomic mass is 35.5. The van der Waals surface area contributed by atoms with Crippen LogP contribution in [0.4, 0.5) is 4.39 Å². The minimum atomic E-state index is -0.699. The summed E-state index contributed by atoms with van der Waals surface area (Å²) >= 11 is 6.21. The molecule has 1 aliphatic heterocycles. The molecular weight excluding hydrogens is 421 g/mol. The van der Waals surface area contributed by atoms with E-state index in [9.17, 15) is 14.0 Å². The monoisotopic (exact) mass is 437 g/mol. The maximum atomic E-state index is 13.5. The second-order valence-electron chi connectivity index (χ2n) is 7.37. The third-order valence-electron chi connectivity index (χ3n) is 5.54. The fourth-order valence-electron chi connectivity index (χ4n) is 4.06. The first-order valence-corrected chi connectivity index (χ1v) is 10.0. The zero-order valence-corrected chi connectivity index (χ0v) is 17.0. The van der Waals surface area contributed by atoms with Crippen molar-refractivity contribution in [1.82, 2.24) is 19.7 Å². The molecular formula is C22H17ClFN5O2. The molecule has 3 heterocycles. The number of carbonyl (C=O) groups excluding carboxylic acids is 2. The number of aromatic amines is 1. The van der Waals surface area contributed by atoms with Gasteiger partial charge in [0.15, 0.2) is 5.69 Å². The van der Waals surface area contributed by atoms with E-state index < -0.39 is 11.7 Å². The Morgan fingerprint density at radius 2 is 2.00 bits per heavy atom. The van der Waals surface area contributed by atoms with E-state index in [1.807, 2.05) is 24.3 Å². The van der Waals surface area contributed by atoms with E-state index in [-0.39, 0.29) is 23.2 Å². The Balaban J connectivity index is 1.54. The third kappa shape index (κ3) is 3.16. The van der Waals surface area contributed by atoms with Gasteiger partial charge < -0.3 is 15.6 Å². The van der Waals surface area contributed by atoms with Gasteiger partial charge in [-0.3, -0.25) is 9.59 Å². The Labute approximate surface area is 181 Å². The summed E-state index contributed by atoms with van der Waals surface area (Å²) in [6.07, 6.45) is 2.14. The summed E-state index contributed by atoms with van der Waals surface area (Å²) in [6, 6.07) is 11.5. The standard InChI is InChI=1S/C22H17ClFN5O2/c23-16-9-12(24)5-6-19(16)29-18-7-8-28(11-15(18)20(27-29)21(25)30)22(31)14-10-26-17-4-2-1-3-13(14)17/h1-6,9-10,26H,7-8,11H2,(H2,25,30).